The first-order chi connectivity index (χ1) is 13.0. The van der Waals surface area contributed by atoms with Crippen molar-refractivity contribution < 1.29 is 14.1 Å². The van der Waals surface area contributed by atoms with Crippen LogP contribution in [0.15, 0.2) is 28.8 Å². The lowest BCUT2D eigenvalue weighted by Gasteiger charge is -2.30. The van der Waals surface area contributed by atoms with Crippen molar-refractivity contribution in [2.24, 2.45) is 0 Å². The second-order valence-electron chi connectivity index (χ2n) is 7.19. The van der Waals surface area contributed by atoms with Gasteiger partial charge < -0.3 is 19.1 Å². The molecule has 6 nitrogen and oxygen atoms in total. The number of carbonyl (C=O) groups is 1. The highest BCUT2D eigenvalue weighted by atomic mass is 16.5. The van der Waals surface area contributed by atoms with Gasteiger partial charge in [0.2, 0.25) is 11.8 Å². The van der Waals surface area contributed by atoms with Crippen LogP contribution in [0.5, 0.6) is 0 Å². The first kappa shape index (κ1) is 19.4. The highest BCUT2D eigenvalue weighted by Crippen LogP contribution is 2.33. The minimum Gasteiger partial charge on any atom is -0.378 e. The molecule has 0 spiro atoms. The highest BCUT2D eigenvalue weighted by Gasteiger charge is 2.27. The van der Waals surface area contributed by atoms with Crippen molar-refractivity contribution in [3.63, 3.8) is 0 Å². The number of hydrogen-bond acceptors (Lipinski definition) is 5. The number of hydrogen-bond donors (Lipinski definition) is 0. The molecule has 0 radical (unpaired) electrons. The molecule has 1 aromatic carbocycles. The molecule has 1 aliphatic rings. The number of aromatic nitrogens is 1. The summed E-state index contributed by atoms with van der Waals surface area (Å²) in [6.45, 7) is 11.2. The third-order valence-electron chi connectivity index (χ3n) is 5.21. The van der Waals surface area contributed by atoms with Crippen LogP contribution in [0.1, 0.15) is 38.3 Å². The van der Waals surface area contributed by atoms with Crippen molar-refractivity contribution in [2.75, 3.05) is 31.2 Å². The summed E-state index contributed by atoms with van der Waals surface area (Å²) in [7, 11) is 0. The Morgan fingerprint density at radius 3 is 2.70 bits per heavy atom. The Morgan fingerprint density at radius 2 is 2.07 bits per heavy atom. The smallest absolute Gasteiger partial charge is 0.233 e. The van der Waals surface area contributed by atoms with Gasteiger partial charge in [-0.2, -0.15) is 0 Å². The van der Waals surface area contributed by atoms with Crippen LogP contribution in [0, 0.1) is 6.92 Å². The molecule has 146 valence electrons. The molecule has 2 heterocycles. The molecule has 0 aliphatic carbocycles. The van der Waals surface area contributed by atoms with Crippen LogP contribution < -0.4 is 4.90 Å². The number of carbonyl (C=O) groups excluding carboxylic acids is 1. The summed E-state index contributed by atoms with van der Waals surface area (Å²) in [5, 5.41) is 4.40. The number of morpholine rings is 1. The van der Waals surface area contributed by atoms with Gasteiger partial charge in [-0.15, -0.1) is 0 Å². The fourth-order valence-electron chi connectivity index (χ4n) is 3.45. The van der Waals surface area contributed by atoms with Gasteiger partial charge in [-0.25, -0.2) is 0 Å². The molecule has 1 amide bonds. The van der Waals surface area contributed by atoms with Gasteiger partial charge in [0, 0.05) is 31.6 Å². The Morgan fingerprint density at radius 1 is 1.33 bits per heavy atom. The second kappa shape index (κ2) is 8.57. The average Bonchev–Trinajstić information content (AvgIpc) is 3.09. The van der Waals surface area contributed by atoms with E-state index in [0.29, 0.717) is 19.8 Å². The maximum atomic E-state index is 12.3. The summed E-state index contributed by atoms with van der Waals surface area (Å²) in [5.74, 6) is 0.818. The van der Waals surface area contributed by atoms with E-state index in [0.717, 1.165) is 42.2 Å². The summed E-state index contributed by atoms with van der Waals surface area (Å²) in [4.78, 5) is 16.4. The molecular formula is C21H29N3O3. The van der Waals surface area contributed by atoms with Crippen LogP contribution in [0.25, 0.3) is 11.3 Å². The zero-order chi connectivity index (χ0) is 19.4. The van der Waals surface area contributed by atoms with Gasteiger partial charge in [-0.05, 0) is 26.3 Å². The van der Waals surface area contributed by atoms with E-state index < -0.39 is 0 Å². The standard InChI is InChI=1S/C21H29N3O3/c1-5-16(3)24(17(4)25)14-19-20(18-8-6-7-15(2)13-18)22-27-21(19)23-9-11-26-12-10-23/h6-8,13,16H,5,9-12,14H2,1-4H3/t16-/m1/s1. The molecule has 1 fully saturated rings. The van der Waals surface area contributed by atoms with Gasteiger partial charge >= 0.3 is 0 Å². The lowest BCUT2D eigenvalue weighted by atomic mass is 10.0. The molecule has 1 aliphatic heterocycles. The molecule has 2 aromatic rings. The van der Waals surface area contributed by atoms with Gasteiger partial charge in [0.1, 0.15) is 5.69 Å². The Kier molecular flexibility index (Phi) is 6.16. The Balaban J connectivity index is 2.03. The molecule has 3 rings (SSSR count). The lowest BCUT2D eigenvalue weighted by molar-refractivity contribution is -0.131. The zero-order valence-electron chi connectivity index (χ0n) is 16.7. The predicted molar refractivity (Wildman–Crippen MR) is 106 cm³/mol. The van der Waals surface area contributed by atoms with Gasteiger partial charge in [0.05, 0.1) is 25.3 Å². The van der Waals surface area contributed by atoms with E-state index in [1.165, 1.54) is 5.56 Å². The van der Waals surface area contributed by atoms with Crippen molar-refractivity contribution in [1.82, 2.24) is 10.1 Å². The fraction of sp³-hybridized carbons (Fsp3) is 0.524. The van der Waals surface area contributed by atoms with Crippen LogP contribution in [-0.2, 0) is 16.1 Å². The Labute approximate surface area is 161 Å². The lowest BCUT2D eigenvalue weighted by Crippen LogP contribution is -2.39. The Bertz CT molecular complexity index is 781. The summed E-state index contributed by atoms with van der Waals surface area (Å²) >= 11 is 0. The van der Waals surface area contributed by atoms with Gasteiger partial charge in [0.15, 0.2) is 0 Å². The van der Waals surface area contributed by atoms with E-state index in [1.54, 1.807) is 6.92 Å². The number of benzene rings is 1. The molecule has 1 atom stereocenters. The molecule has 1 saturated heterocycles. The first-order valence-electron chi connectivity index (χ1n) is 9.66. The third-order valence-corrected chi connectivity index (χ3v) is 5.21. The molecular weight excluding hydrogens is 342 g/mol. The topological polar surface area (TPSA) is 58.8 Å². The summed E-state index contributed by atoms with van der Waals surface area (Å²) in [6.07, 6.45) is 0.900. The largest absolute Gasteiger partial charge is 0.378 e. The Hall–Kier alpha value is -2.34. The monoisotopic (exact) mass is 371 g/mol. The molecule has 0 saturated carbocycles. The van der Waals surface area contributed by atoms with Crippen LogP contribution in [0.2, 0.25) is 0 Å². The van der Waals surface area contributed by atoms with E-state index in [1.807, 2.05) is 17.0 Å². The predicted octanol–water partition coefficient (Wildman–Crippen LogP) is 3.63. The summed E-state index contributed by atoms with van der Waals surface area (Å²) < 4.78 is 11.3. The van der Waals surface area contributed by atoms with Crippen molar-refractivity contribution >= 4 is 11.8 Å². The molecule has 0 unspecified atom stereocenters. The molecule has 6 heteroatoms. The van der Waals surface area contributed by atoms with E-state index in [-0.39, 0.29) is 11.9 Å². The minimum absolute atomic E-state index is 0.0636. The van der Waals surface area contributed by atoms with Gasteiger partial charge in [0.25, 0.3) is 0 Å². The van der Waals surface area contributed by atoms with Crippen molar-refractivity contribution in [1.29, 1.82) is 0 Å². The molecule has 27 heavy (non-hydrogen) atoms. The maximum absolute atomic E-state index is 12.3. The number of amides is 1. The summed E-state index contributed by atoms with van der Waals surface area (Å²) in [5.41, 5.74) is 3.97. The zero-order valence-corrected chi connectivity index (χ0v) is 16.7. The highest BCUT2D eigenvalue weighted by molar-refractivity contribution is 5.75. The molecule has 1 aromatic heterocycles. The van der Waals surface area contributed by atoms with E-state index >= 15 is 0 Å². The first-order valence-corrected chi connectivity index (χ1v) is 9.66. The quantitative estimate of drug-likeness (QED) is 0.776. The van der Waals surface area contributed by atoms with Crippen LogP contribution >= 0.6 is 0 Å². The number of nitrogens with zero attached hydrogens (tertiary/aromatic N) is 3. The van der Waals surface area contributed by atoms with Gasteiger partial charge in [-0.3, -0.25) is 4.79 Å². The van der Waals surface area contributed by atoms with E-state index in [2.05, 4.69) is 43.0 Å². The summed E-state index contributed by atoms with van der Waals surface area (Å²) in [6, 6.07) is 8.38. The van der Waals surface area contributed by atoms with Crippen molar-refractivity contribution in [2.45, 2.75) is 46.7 Å². The number of rotatable bonds is 6. The molecule has 0 bridgehead atoms. The van der Waals surface area contributed by atoms with Gasteiger partial charge in [-0.1, -0.05) is 35.8 Å². The van der Waals surface area contributed by atoms with E-state index in [9.17, 15) is 4.79 Å². The fourth-order valence-corrected chi connectivity index (χ4v) is 3.45. The number of ether oxygens (including phenoxy) is 1. The number of aryl methyl sites for hydroxylation is 1. The van der Waals surface area contributed by atoms with Crippen LogP contribution in [0.4, 0.5) is 5.88 Å². The maximum Gasteiger partial charge on any atom is 0.233 e. The van der Waals surface area contributed by atoms with Crippen molar-refractivity contribution in [3.8, 4) is 11.3 Å². The minimum atomic E-state index is 0.0636. The molecule has 0 N–H and O–H groups in total. The normalized spacial score (nSPS) is 15.6. The third kappa shape index (κ3) is 4.33. The van der Waals surface area contributed by atoms with Crippen LogP contribution in [0.3, 0.4) is 0 Å². The van der Waals surface area contributed by atoms with E-state index in [4.69, 9.17) is 9.26 Å². The SMILES string of the molecule is CC[C@@H](C)N(Cc1c(-c2cccc(C)c2)noc1N1CCOCC1)C(C)=O. The van der Waals surface area contributed by atoms with Crippen LogP contribution in [-0.4, -0.2) is 48.3 Å². The van der Waals surface area contributed by atoms with Crippen molar-refractivity contribution in [3.05, 3.63) is 35.4 Å². The number of anilines is 1. The second-order valence-corrected chi connectivity index (χ2v) is 7.19. The average molecular weight is 371 g/mol.